The lowest BCUT2D eigenvalue weighted by atomic mass is 9.69. The minimum absolute atomic E-state index is 0.00952. The Morgan fingerprint density at radius 2 is 1.48 bits per heavy atom. The Labute approximate surface area is 141 Å². The Morgan fingerprint density at radius 1 is 0.880 bits per heavy atom. The van der Waals surface area contributed by atoms with Gasteiger partial charge in [-0.15, -0.1) is 0 Å². The Balaban J connectivity index is 1.38. The van der Waals surface area contributed by atoms with Crippen LogP contribution in [0.2, 0.25) is 0 Å². The lowest BCUT2D eigenvalue weighted by Crippen LogP contribution is -2.60. The molecule has 142 valence electrons. The molecule has 0 aromatic carbocycles. The molecule has 0 aliphatic heterocycles. The zero-order valence-corrected chi connectivity index (χ0v) is 13.4. The van der Waals surface area contributed by atoms with Gasteiger partial charge in [-0.2, -0.15) is 26.3 Å². The summed E-state index contributed by atoms with van der Waals surface area (Å²) < 4.78 is 80.8. The highest BCUT2D eigenvalue weighted by Crippen LogP contribution is 2.66. The second-order valence-corrected chi connectivity index (χ2v) is 8.13. The fourth-order valence-corrected chi connectivity index (χ4v) is 6.03. The molecular weight excluding hydrogens is 350 g/mol. The van der Waals surface area contributed by atoms with E-state index in [4.69, 9.17) is 9.84 Å². The van der Waals surface area contributed by atoms with Crippen LogP contribution in [0.5, 0.6) is 0 Å². The highest BCUT2D eigenvalue weighted by atomic mass is 19.4. The van der Waals surface area contributed by atoms with E-state index in [1.165, 1.54) is 0 Å². The third-order valence-electron chi connectivity index (χ3n) is 6.99. The first-order chi connectivity index (χ1) is 11.5. The molecule has 0 heterocycles. The molecule has 1 N–H and O–H groups in total. The van der Waals surface area contributed by atoms with Crippen LogP contribution in [0.3, 0.4) is 0 Å². The molecule has 0 amide bonds. The number of alkyl halides is 6. The van der Waals surface area contributed by atoms with Gasteiger partial charge in [0.1, 0.15) is 0 Å². The Morgan fingerprint density at radius 3 is 2.08 bits per heavy atom. The van der Waals surface area contributed by atoms with Crippen LogP contribution >= 0.6 is 0 Å². The number of ether oxygens (including phenoxy) is 1. The van der Waals surface area contributed by atoms with E-state index >= 15 is 0 Å². The average molecular weight is 370 g/mol. The molecule has 0 saturated heterocycles. The summed E-state index contributed by atoms with van der Waals surface area (Å²) in [6, 6.07) is 0. The summed E-state index contributed by atoms with van der Waals surface area (Å²) in [6.45, 7) is -1.95. The molecule has 4 rings (SSSR count). The van der Waals surface area contributed by atoms with E-state index in [1.54, 1.807) is 0 Å². The molecule has 0 aromatic heterocycles. The molecule has 0 spiro atoms. The Kier molecular flexibility index (Phi) is 3.79. The highest BCUT2D eigenvalue weighted by molar-refractivity contribution is 5.20. The maximum Gasteiger partial charge on any atom is 0.428 e. The normalized spacial score (nSPS) is 42.4. The van der Waals surface area contributed by atoms with Crippen molar-refractivity contribution in [3.05, 3.63) is 12.2 Å². The minimum atomic E-state index is -5.82. The molecule has 2 nitrogen and oxygen atoms in total. The zero-order chi connectivity index (χ0) is 18.2. The van der Waals surface area contributed by atoms with E-state index in [1.807, 2.05) is 0 Å². The lowest BCUT2D eigenvalue weighted by Gasteiger charge is -2.37. The molecule has 7 atom stereocenters. The van der Waals surface area contributed by atoms with Gasteiger partial charge in [0.2, 0.25) is 0 Å². The zero-order valence-electron chi connectivity index (χ0n) is 13.4. The summed E-state index contributed by atoms with van der Waals surface area (Å²) in [7, 11) is 0. The predicted octanol–water partition coefficient (Wildman–Crippen LogP) is 3.95. The number of hydrogen-bond donors (Lipinski definition) is 1. The van der Waals surface area contributed by atoms with Crippen LogP contribution in [0.25, 0.3) is 0 Å². The summed E-state index contributed by atoms with van der Waals surface area (Å²) in [5.74, 6) is 3.07. The standard InChI is InChI=1S/C17H20F6O2/c18-16(19,20)15(24,17(21,22)23)7-25-6-11-4-10-5-12(11)14-9-2-1-8(3-9)13(10)14/h1-2,8-14,24H,3-7H2. The van der Waals surface area contributed by atoms with Crippen LogP contribution in [0.15, 0.2) is 12.2 Å². The molecule has 4 aliphatic carbocycles. The highest BCUT2D eigenvalue weighted by Gasteiger charge is 2.71. The van der Waals surface area contributed by atoms with E-state index in [0.29, 0.717) is 35.5 Å². The maximum absolute atomic E-state index is 12.7. The summed E-state index contributed by atoms with van der Waals surface area (Å²) in [6.07, 6.45) is -4.21. The molecule has 3 saturated carbocycles. The van der Waals surface area contributed by atoms with Crippen molar-refractivity contribution >= 4 is 0 Å². The van der Waals surface area contributed by atoms with Gasteiger partial charge in [0.25, 0.3) is 5.60 Å². The molecule has 8 heteroatoms. The van der Waals surface area contributed by atoms with Gasteiger partial charge in [-0.1, -0.05) is 12.2 Å². The minimum Gasteiger partial charge on any atom is -0.377 e. The van der Waals surface area contributed by atoms with E-state index in [-0.39, 0.29) is 12.5 Å². The largest absolute Gasteiger partial charge is 0.428 e. The molecule has 3 fully saturated rings. The van der Waals surface area contributed by atoms with Gasteiger partial charge < -0.3 is 9.84 Å². The van der Waals surface area contributed by atoms with Crippen LogP contribution < -0.4 is 0 Å². The fourth-order valence-electron chi connectivity index (χ4n) is 6.03. The van der Waals surface area contributed by atoms with Crippen LogP contribution in [0.1, 0.15) is 19.3 Å². The SMILES string of the molecule is OC(COCC1CC2CC1C1C3C=CC(C3)C21)(C(F)(F)F)C(F)(F)F. The van der Waals surface area contributed by atoms with Crippen LogP contribution in [0.4, 0.5) is 26.3 Å². The van der Waals surface area contributed by atoms with Crippen LogP contribution in [-0.2, 0) is 4.74 Å². The van der Waals surface area contributed by atoms with Crippen molar-refractivity contribution in [2.45, 2.75) is 37.2 Å². The third kappa shape index (κ3) is 2.46. The lowest BCUT2D eigenvalue weighted by molar-refractivity contribution is -0.378. The van der Waals surface area contributed by atoms with E-state index in [0.717, 1.165) is 19.3 Å². The number of hydrogen-bond acceptors (Lipinski definition) is 2. The first-order valence-corrected chi connectivity index (χ1v) is 8.65. The van der Waals surface area contributed by atoms with Gasteiger partial charge in [0.05, 0.1) is 6.61 Å². The van der Waals surface area contributed by atoms with Gasteiger partial charge in [-0.05, 0) is 60.7 Å². The summed E-state index contributed by atoms with van der Waals surface area (Å²) >= 11 is 0. The smallest absolute Gasteiger partial charge is 0.377 e. The third-order valence-corrected chi connectivity index (χ3v) is 6.99. The maximum atomic E-state index is 12.7. The number of allylic oxidation sites excluding steroid dienone is 2. The van der Waals surface area contributed by atoms with Gasteiger partial charge >= 0.3 is 12.4 Å². The second-order valence-electron chi connectivity index (χ2n) is 8.13. The molecule has 4 bridgehead atoms. The van der Waals surface area contributed by atoms with Crippen molar-refractivity contribution in [2.75, 3.05) is 13.2 Å². The second kappa shape index (κ2) is 5.38. The van der Waals surface area contributed by atoms with Crippen molar-refractivity contribution in [1.29, 1.82) is 0 Å². The van der Waals surface area contributed by atoms with Gasteiger partial charge in [-0.3, -0.25) is 0 Å². The Hall–Kier alpha value is -0.760. The fraction of sp³-hybridized carbons (Fsp3) is 0.882. The molecule has 0 aromatic rings. The molecule has 4 aliphatic rings. The topological polar surface area (TPSA) is 29.5 Å². The molecule has 25 heavy (non-hydrogen) atoms. The van der Waals surface area contributed by atoms with Crippen LogP contribution in [0, 0.1) is 41.4 Å². The van der Waals surface area contributed by atoms with Gasteiger partial charge in [0, 0.05) is 6.61 Å². The van der Waals surface area contributed by atoms with Crippen LogP contribution in [-0.4, -0.2) is 36.3 Å². The molecule has 0 radical (unpaired) electrons. The van der Waals surface area contributed by atoms with Crippen molar-refractivity contribution in [3.63, 3.8) is 0 Å². The summed E-state index contributed by atoms with van der Waals surface area (Å²) in [5, 5.41) is 9.14. The van der Waals surface area contributed by atoms with Gasteiger partial charge in [-0.25, -0.2) is 0 Å². The number of rotatable bonds is 4. The first kappa shape index (κ1) is 17.6. The number of fused-ring (bicyclic) bond motifs is 9. The summed E-state index contributed by atoms with van der Waals surface area (Å²) in [4.78, 5) is 0. The number of halogens is 6. The monoisotopic (exact) mass is 370 g/mol. The predicted molar refractivity (Wildman–Crippen MR) is 75.3 cm³/mol. The first-order valence-electron chi connectivity index (χ1n) is 8.65. The van der Waals surface area contributed by atoms with Gasteiger partial charge in [0.15, 0.2) is 0 Å². The Bertz CT molecular complexity index is 554. The summed E-state index contributed by atoms with van der Waals surface area (Å²) in [5.41, 5.74) is -4.81. The van der Waals surface area contributed by atoms with Crippen molar-refractivity contribution in [3.8, 4) is 0 Å². The molecular formula is C17H20F6O2. The molecule has 7 unspecified atom stereocenters. The van der Waals surface area contributed by atoms with Crippen molar-refractivity contribution in [2.24, 2.45) is 41.4 Å². The van der Waals surface area contributed by atoms with E-state index < -0.39 is 24.6 Å². The van der Waals surface area contributed by atoms with Crippen molar-refractivity contribution in [1.82, 2.24) is 0 Å². The van der Waals surface area contributed by atoms with E-state index in [9.17, 15) is 26.3 Å². The van der Waals surface area contributed by atoms with Crippen molar-refractivity contribution < 1.29 is 36.2 Å². The van der Waals surface area contributed by atoms with E-state index in [2.05, 4.69) is 12.2 Å². The number of aliphatic hydroxyl groups is 1. The average Bonchev–Trinajstić information content (AvgIpc) is 3.23. The quantitative estimate of drug-likeness (QED) is 0.461.